The maximum absolute atomic E-state index is 12.0. The molecule has 0 aromatic heterocycles. The topological polar surface area (TPSA) is 26.3 Å². The van der Waals surface area contributed by atoms with E-state index in [1.54, 1.807) is 18.2 Å². The van der Waals surface area contributed by atoms with Crippen LogP contribution in [0, 0.1) is 6.92 Å². The Bertz CT molecular complexity index is 585. The van der Waals surface area contributed by atoms with E-state index in [9.17, 15) is 4.79 Å². The van der Waals surface area contributed by atoms with Crippen molar-refractivity contribution in [2.45, 2.75) is 6.92 Å². The minimum Gasteiger partial charge on any atom is -0.422 e. The van der Waals surface area contributed by atoms with E-state index < -0.39 is 0 Å². The highest BCUT2D eigenvalue weighted by atomic mass is 16.5. The van der Waals surface area contributed by atoms with Crippen LogP contribution in [-0.4, -0.2) is 5.97 Å². The lowest BCUT2D eigenvalue weighted by molar-refractivity contribution is 0.0733. The molecule has 0 fully saturated rings. The van der Waals surface area contributed by atoms with Gasteiger partial charge in [-0.25, -0.2) is 4.79 Å². The van der Waals surface area contributed by atoms with E-state index in [2.05, 4.69) is 6.58 Å². The summed E-state index contributed by atoms with van der Waals surface area (Å²) in [5.74, 6) is 0.183. The van der Waals surface area contributed by atoms with Crippen molar-refractivity contribution in [1.82, 2.24) is 0 Å². The number of rotatable bonds is 3. The van der Waals surface area contributed by atoms with Crippen LogP contribution in [0.4, 0.5) is 0 Å². The molecular formula is C16H14O2. The number of carbonyl (C=O) groups is 1. The van der Waals surface area contributed by atoms with E-state index in [0.29, 0.717) is 11.3 Å². The normalized spacial score (nSPS) is 9.83. The Balaban J connectivity index is 2.27. The van der Waals surface area contributed by atoms with Crippen molar-refractivity contribution in [2.75, 3.05) is 0 Å². The number of hydrogen-bond donors (Lipinski definition) is 0. The number of para-hydroxylation sites is 1. The van der Waals surface area contributed by atoms with Gasteiger partial charge < -0.3 is 4.74 Å². The van der Waals surface area contributed by atoms with Gasteiger partial charge in [-0.2, -0.15) is 0 Å². The van der Waals surface area contributed by atoms with Crippen LogP contribution in [0.5, 0.6) is 5.75 Å². The van der Waals surface area contributed by atoms with Gasteiger partial charge in [0, 0.05) is 5.56 Å². The van der Waals surface area contributed by atoms with E-state index in [4.69, 9.17) is 4.74 Å². The summed E-state index contributed by atoms with van der Waals surface area (Å²) < 4.78 is 5.39. The third-order valence-electron chi connectivity index (χ3n) is 2.71. The van der Waals surface area contributed by atoms with Gasteiger partial charge in [0.2, 0.25) is 0 Å². The molecule has 0 atom stereocenters. The van der Waals surface area contributed by atoms with Crippen molar-refractivity contribution in [3.63, 3.8) is 0 Å². The largest absolute Gasteiger partial charge is 0.422 e. The van der Waals surface area contributed by atoms with Gasteiger partial charge in [-0.1, -0.05) is 49.1 Å². The average molecular weight is 238 g/mol. The molecule has 0 N–H and O–H groups in total. The van der Waals surface area contributed by atoms with Crippen LogP contribution in [0.25, 0.3) is 6.08 Å². The summed E-state index contributed by atoms with van der Waals surface area (Å²) in [6.45, 7) is 5.58. The first-order chi connectivity index (χ1) is 8.72. The Hall–Kier alpha value is -2.35. The molecule has 0 heterocycles. The van der Waals surface area contributed by atoms with Crippen molar-refractivity contribution < 1.29 is 9.53 Å². The predicted octanol–water partition coefficient (Wildman–Crippen LogP) is 3.86. The summed E-state index contributed by atoms with van der Waals surface area (Å²) in [6, 6.07) is 14.7. The Labute approximate surface area is 107 Å². The fourth-order valence-electron chi connectivity index (χ4n) is 1.70. The molecule has 0 radical (unpaired) electrons. The van der Waals surface area contributed by atoms with Gasteiger partial charge in [0.05, 0.1) is 5.56 Å². The van der Waals surface area contributed by atoms with E-state index in [1.807, 2.05) is 43.3 Å². The van der Waals surface area contributed by atoms with E-state index in [0.717, 1.165) is 11.1 Å². The highest BCUT2D eigenvalue weighted by Crippen LogP contribution is 2.20. The van der Waals surface area contributed by atoms with Crippen molar-refractivity contribution in [2.24, 2.45) is 0 Å². The highest BCUT2D eigenvalue weighted by Gasteiger charge is 2.12. The maximum atomic E-state index is 12.0. The number of benzene rings is 2. The summed E-state index contributed by atoms with van der Waals surface area (Å²) in [5, 5.41) is 0. The van der Waals surface area contributed by atoms with Gasteiger partial charge in [-0.05, 0) is 24.6 Å². The first-order valence-electron chi connectivity index (χ1n) is 5.71. The van der Waals surface area contributed by atoms with E-state index in [-0.39, 0.29) is 5.97 Å². The molecule has 0 amide bonds. The van der Waals surface area contributed by atoms with E-state index in [1.165, 1.54) is 0 Å². The Kier molecular flexibility index (Phi) is 3.58. The number of esters is 1. The van der Waals surface area contributed by atoms with E-state index >= 15 is 0 Å². The van der Waals surface area contributed by atoms with Crippen molar-refractivity contribution in [3.05, 3.63) is 71.8 Å². The molecule has 0 spiro atoms. The maximum Gasteiger partial charge on any atom is 0.343 e. The molecule has 2 nitrogen and oxygen atoms in total. The standard InChI is InChI=1S/C16H14O2/c1-3-13-9-5-7-11-15(13)18-16(17)14-10-6-4-8-12(14)2/h3-11H,1H2,2H3. The van der Waals surface area contributed by atoms with Gasteiger partial charge in [0.15, 0.2) is 0 Å². The Morgan fingerprint density at radius 1 is 1.11 bits per heavy atom. The van der Waals surface area contributed by atoms with Crippen LogP contribution in [0.1, 0.15) is 21.5 Å². The molecule has 2 rings (SSSR count). The molecule has 0 unspecified atom stereocenters. The first kappa shape index (κ1) is 12.1. The summed E-state index contributed by atoms with van der Waals surface area (Å²) in [6.07, 6.45) is 1.67. The van der Waals surface area contributed by atoms with Gasteiger partial charge >= 0.3 is 5.97 Å². The summed E-state index contributed by atoms with van der Waals surface area (Å²) in [4.78, 5) is 12.0. The fourth-order valence-corrected chi connectivity index (χ4v) is 1.70. The zero-order valence-corrected chi connectivity index (χ0v) is 10.2. The van der Waals surface area contributed by atoms with Crippen molar-refractivity contribution in [3.8, 4) is 5.75 Å². The van der Waals surface area contributed by atoms with Gasteiger partial charge in [-0.3, -0.25) is 0 Å². The van der Waals surface area contributed by atoms with Crippen LogP contribution in [-0.2, 0) is 0 Å². The second-order valence-electron chi connectivity index (χ2n) is 3.95. The molecule has 0 saturated carbocycles. The van der Waals surface area contributed by atoms with Crippen LogP contribution in [0.15, 0.2) is 55.1 Å². The molecule has 0 bridgehead atoms. The minimum absolute atomic E-state index is 0.345. The molecule has 2 heteroatoms. The molecule has 0 saturated heterocycles. The SMILES string of the molecule is C=Cc1ccccc1OC(=O)c1ccccc1C. The van der Waals surface area contributed by atoms with Crippen LogP contribution in [0.3, 0.4) is 0 Å². The Morgan fingerprint density at radius 3 is 2.50 bits per heavy atom. The number of aryl methyl sites for hydroxylation is 1. The Morgan fingerprint density at radius 2 is 1.78 bits per heavy atom. The summed E-state index contributed by atoms with van der Waals surface area (Å²) >= 11 is 0. The third kappa shape index (κ3) is 2.48. The second-order valence-corrected chi connectivity index (χ2v) is 3.95. The number of carbonyl (C=O) groups excluding carboxylic acids is 1. The highest BCUT2D eigenvalue weighted by molar-refractivity contribution is 5.92. The molecule has 18 heavy (non-hydrogen) atoms. The van der Waals surface area contributed by atoms with Gasteiger partial charge in [0.25, 0.3) is 0 Å². The smallest absolute Gasteiger partial charge is 0.343 e. The van der Waals surface area contributed by atoms with Crippen molar-refractivity contribution >= 4 is 12.0 Å². The molecule has 2 aromatic rings. The van der Waals surface area contributed by atoms with Gasteiger partial charge in [-0.15, -0.1) is 0 Å². The lowest BCUT2D eigenvalue weighted by Crippen LogP contribution is -2.10. The van der Waals surface area contributed by atoms with Crippen LogP contribution < -0.4 is 4.74 Å². The molecule has 2 aromatic carbocycles. The second kappa shape index (κ2) is 5.32. The lowest BCUT2D eigenvalue weighted by atomic mass is 10.1. The monoisotopic (exact) mass is 238 g/mol. The lowest BCUT2D eigenvalue weighted by Gasteiger charge is -2.08. The predicted molar refractivity (Wildman–Crippen MR) is 72.7 cm³/mol. The first-order valence-corrected chi connectivity index (χ1v) is 5.71. The van der Waals surface area contributed by atoms with Crippen molar-refractivity contribution in [1.29, 1.82) is 0 Å². The fraction of sp³-hybridized carbons (Fsp3) is 0.0625. The minimum atomic E-state index is -0.345. The average Bonchev–Trinajstić information content (AvgIpc) is 2.39. The van der Waals surface area contributed by atoms with Gasteiger partial charge in [0.1, 0.15) is 5.75 Å². The third-order valence-corrected chi connectivity index (χ3v) is 2.71. The molecule has 90 valence electrons. The quantitative estimate of drug-likeness (QED) is 0.599. The summed E-state index contributed by atoms with van der Waals surface area (Å²) in [5.41, 5.74) is 2.29. The zero-order valence-electron chi connectivity index (χ0n) is 10.2. The molecule has 0 aliphatic carbocycles. The molecule has 0 aliphatic rings. The summed E-state index contributed by atoms with van der Waals surface area (Å²) in [7, 11) is 0. The molecular weight excluding hydrogens is 224 g/mol. The van der Waals surface area contributed by atoms with Crippen LogP contribution in [0.2, 0.25) is 0 Å². The molecule has 0 aliphatic heterocycles. The number of hydrogen-bond acceptors (Lipinski definition) is 2. The van der Waals surface area contributed by atoms with Crippen LogP contribution >= 0.6 is 0 Å². The number of ether oxygens (including phenoxy) is 1. The zero-order chi connectivity index (χ0) is 13.0.